The molecule has 0 radical (unpaired) electrons. The molecule has 1 amide bonds. The first kappa shape index (κ1) is 14.9. The van der Waals surface area contributed by atoms with Crippen LogP contribution in [0.1, 0.15) is 29.6 Å². The lowest BCUT2D eigenvalue weighted by Gasteiger charge is -2.28. The molecule has 20 heavy (non-hydrogen) atoms. The van der Waals surface area contributed by atoms with E-state index in [-0.39, 0.29) is 5.91 Å². The van der Waals surface area contributed by atoms with Crippen molar-refractivity contribution < 1.29 is 4.79 Å². The Morgan fingerprint density at radius 3 is 2.50 bits per heavy atom. The molecule has 1 aromatic rings. The van der Waals surface area contributed by atoms with E-state index in [9.17, 15) is 4.79 Å². The first-order valence-electron chi connectivity index (χ1n) is 7.43. The van der Waals surface area contributed by atoms with Crippen LogP contribution < -0.4 is 10.6 Å². The molecule has 1 aliphatic rings. The van der Waals surface area contributed by atoms with E-state index in [1.807, 2.05) is 31.3 Å². The molecule has 0 atom stereocenters. The van der Waals surface area contributed by atoms with Crippen LogP contribution >= 0.6 is 0 Å². The van der Waals surface area contributed by atoms with E-state index in [0.29, 0.717) is 0 Å². The zero-order valence-electron chi connectivity index (χ0n) is 12.5. The minimum absolute atomic E-state index is 0.0283. The molecule has 0 saturated carbocycles. The molecule has 2 rings (SSSR count). The van der Waals surface area contributed by atoms with E-state index in [0.717, 1.165) is 30.1 Å². The maximum absolute atomic E-state index is 12.0. The van der Waals surface area contributed by atoms with Gasteiger partial charge in [0.1, 0.15) is 0 Å². The number of hydrogen-bond donors (Lipinski definition) is 2. The monoisotopic (exact) mass is 275 g/mol. The maximum Gasteiger partial charge on any atom is 0.251 e. The van der Waals surface area contributed by atoms with Gasteiger partial charge in [-0.25, -0.2) is 0 Å². The number of amides is 1. The lowest BCUT2D eigenvalue weighted by molar-refractivity contribution is 0.0949. The molecule has 4 heteroatoms. The molecule has 0 bridgehead atoms. The fourth-order valence-electron chi connectivity index (χ4n) is 2.63. The van der Waals surface area contributed by atoms with Crippen LogP contribution in [0.25, 0.3) is 0 Å². The molecule has 2 N–H and O–H groups in total. The number of carbonyl (C=O) groups excluding carboxylic acids is 1. The van der Waals surface area contributed by atoms with E-state index in [1.165, 1.54) is 25.9 Å². The summed E-state index contributed by atoms with van der Waals surface area (Å²) in [6, 6.07) is 7.56. The van der Waals surface area contributed by atoms with Gasteiger partial charge < -0.3 is 15.5 Å². The summed E-state index contributed by atoms with van der Waals surface area (Å²) >= 11 is 0. The van der Waals surface area contributed by atoms with Gasteiger partial charge in [0.2, 0.25) is 0 Å². The van der Waals surface area contributed by atoms with Crippen molar-refractivity contribution in [2.45, 2.75) is 19.3 Å². The van der Waals surface area contributed by atoms with Crippen molar-refractivity contribution in [3.63, 3.8) is 0 Å². The Balaban J connectivity index is 1.71. The van der Waals surface area contributed by atoms with Gasteiger partial charge in [-0.2, -0.15) is 0 Å². The predicted molar refractivity (Wildman–Crippen MR) is 83.2 cm³/mol. The Bertz CT molecular complexity index is 422. The number of anilines is 1. The number of rotatable bonds is 5. The van der Waals surface area contributed by atoms with Gasteiger partial charge in [-0.1, -0.05) is 0 Å². The highest BCUT2D eigenvalue weighted by Crippen LogP contribution is 2.18. The molecule has 110 valence electrons. The van der Waals surface area contributed by atoms with Gasteiger partial charge in [0.15, 0.2) is 0 Å². The molecular formula is C16H25N3O. The first-order chi connectivity index (χ1) is 9.69. The van der Waals surface area contributed by atoms with Crippen molar-refractivity contribution >= 4 is 11.6 Å². The number of nitrogens with one attached hydrogen (secondary N) is 2. The van der Waals surface area contributed by atoms with E-state index in [2.05, 4.69) is 22.6 Å². The van der Waals surface area contributed by atoms with Gasteiger partial charge in [0.25, 0.3) is 5.91 Å². The molecule has 1 aliphatic heterocycles. The molecule has 1 fully saturated rings. The molecule has 1 aromatic carbocycles. The fourth-order valence-corrected chi connectivity index (χ4v) is 2.63. The summed E-state index contributed by atoms with van der Waals surface area (Å²) < 4.78 is 0. The smallest absolute Gasteiger partial charge is 0.251 e. The van der Waals surface area contributed by atoms with Gasteiger partial charge in [-0.05, 0) is 69.6 Å². The highest BCUT2D eigenvalue weighted by Gasteiger charge is 2.16. The van der Waals surface area contributed by atoms with Crippen molar-refractivity contribution in [1.29, 1.82) is 0 Å². The Morgan fingerprint density at radius 2 is 1.90 bits per heavy atom. The second-order valence-electron chi connectivity index (χ2n) is 5.62. The predicted octanol–water partition coefficient (Wildman–Crippen LogP) is 2.19. The van der Waals surface area contributed by atoms with Crippen LogP contribution in [-0.2, 0) is 0 Å². The molecule has 1 heterocycles. The average Bonchev–Trinajstić information content (AvgIpc) is 2.49. The third-order valence-electron chi connectivity index (χ3n) is 4.11. The molecular weight excluding hydrogens is 250 g/mol. The number of hydrogen-bond acceptors (Lipinski definition) is 3. The molecule has 0 aliphatic carbocycles. The highest BCUT2D eigenvalue weighted by molar-refractivity contribution is 5.94. The van der Waals surface area contributed by atoms with Gasteiger partial charge >= 0.3 is 0 Å². The lowest BCUT2D eigenvalue weighted by Crippen LogP contribution is -2.32. The second kappa shape index (κ2) is 7.29. The normalized spacial score (nSPS) is 16.9. The molecule has 4 nitrogen and oxygen atoms in total. The summed E-state index contributed by atoms with van der Waals surface area (Å²) in [7, 11) is 4.05. The van der Waals surface area contributed by atoms with Crippen molar-refractivity contribution in [3.05, 3.63) is 29.8 Å². The van der Waals surface area contributed by atoms with Gasteiger partial charge in [-0.15, -0.1) is 0 Å². The van der Waals surface area contributed by atoms with E-state index >= 15 is 0 Å². The summed E-state index contributed by atoms with van der Waals surface area (Å²) in [6.07, 6.45) is 3.60. The second-order valence-corrected chi connectivity index (χ2v) is 5.62. The minimum Gasteiger partial charge on any atom is -0.388 e. The van der Waals surface area contributed by atoms with E-state index in [4.69, 9.17) is 0 Å². The average molecular weight is 275 g/mol. The summed E-state index contributed by atoms with van der Waals surface area (Å²) in [6.45, 7) is 3.15. The van der Waals surface area contributed by atoms with Crippen LogP contribution in [0, 0.1) is 5.92 Å². The van der Waals surface area contributed by atoms with Crippen molar-refractivity contribution in [3.8, 4) is 0 Å². The molecule has 0 spiro atoms. The Kier molecular flexibility index (Phi) is 5.41. The highest BCUT2D eigenvalue weighted by atomic mass is 16.1. The summed E-state index contributed by atoms with van der Waals surface area (Å²) in [5, 5.41) is 6.07. The number of piperidine rings is 1. The summed E-state index contributed by atoms with van der Waals surface area (Å²) in [5.74, 6) is 0.791. The SMILES string of the molecule is CNc1ccc(C(=O)NCCC2CCN(C)CC2)cc1. The Morgan fingerprint density at radius 1 is 1.25 bits per heavy atom. The Hall–Kier alpha value is -1.55. The number of benzene rings is 1. The van der Waals surface area contributed by atoms with Crippen molar-refractivity contribution in [2.75, 3.05) is 39.0 Å². The topological polar surface area (TPSA) is 44.4 Å². The number of carbonyl (C=O) groups is 1. The van der Waals surface area contributed by atoms with Crippen LogP contribution in [0.4, 0.5) is 5.69 Å². The maximum atomic E-state index is 12.0. The van der Waals surface area contributed by atoms with Gasteiger partial charge in [0, 0.05) is 24.8 Å². The van der Waals surface area contributed by atoms with Gasteiger partial charge in [-0.3, -0.25) is 4.79 Å². The largest absolute Gasteiger partial charge is 0.388 e. The first-order valence-corrected chi connectivity index (χ1v) is 7.43. The van der Waals surface area contributed by atoms with Crippen LogP contribution in [0.2, 0.25) is 0 Å². The fraction of sp³-hybridized carbons (Fsp3) is 0.562. The lowest BCUT2D eigenvalue weighted by atomic mass is 9.94. The van der Waals surface area contributed by atoms with Crippen molar-refractivity contribution in [2.24, 2.45) is 5.92 Å². The third-order valence-corrected chi connectivity index (χ3v) is 4.11. The zero-order chi connectivity index (χ0) is 14.4. The minimum atomic E-state index is 0.0283. The third kappa shape index (κ3) is 4.23. The molecule has 0 unspecified atom stereocenters. The van der Waals surface area contributed by atoms with Crippen LogP contribution in [0.5, 0.6) is 0 Å². The number of nitrogens with zero attached hydrogens (tertiary/aromatic N) is 1. The Labute approximate surface area is 121 Å². The summed E-state index contributed by atoms with van der Waals surface area (Å²) in [5.41, 5.74) is 1.75. The van der Waals surface area contributed by atoms with Gasteiger partial charge in [0.05, 0.1) is 0 Å². The standard InChI is InChI=1S/C16H25N3O/c1-17-15-5-3-14(4-6-15)16(20)18-10-7-13-8-11-19(2)12-9-13/h3-6,13,17H,7-12H2,1-2H3,(H,18,20). The van der Waals surface area contributed by atoms with E-state index < -0.39 is 0 Å². The van der Waals surface area contributed by atoms with E-state index in [1.54, 1.807) is 0 Å². The van der Waals surface area contributed by atoms with Crippen LogP contribution in [-0.4, -0.2) is 44.5 Å². The zero-order valence-corrected chi connectivity index (χ0v) is 12.5. The number of likely N-dealkylation sites (tertiary alicyclic amines) is 1. The summed E-state index contributed by atoms with van der Waals surface area (Å²) in [4.78, 5) is 14.4. The molecule has 0 aromatic heterocycles. The van der Waals surface area contributed by atoms with Crippen molar-refractivity contribution in [1.82, 2.24) is 10.2 Å². The van der Waals surface area contributed by atoms with Crippen LogP contribution in [0.15, 0.2) is 24.3 Å². The molecule has 1 saturated heterocycles. The van der Waals surface area contributed by atoms with Crippen LogP contribution in [0.3, 0.4) is 0 Å². The quantitative estimate of drug-likeness (QED) is 0.866.